The third kappa shape index (κ3) is 4.66. The summed E-state index contributed by atoms with van der Waals surface area (Å²) >= 11 is 0. The van der Waals surface area contributed by atoms with Crippen molar-refractivity contribution in [2.75, 3.05) is 5.32 Å². The molecule has 0 saturated heterocycles. The first-order valence-corrected chi connectivity index (χ1v) is 8.05. The fraction of sp³-hybridized carbons (Fsp3) is 0.211. The number of hydrogen-bond acceptors (Lipinski definition) is 3. The van der Waals surface area contributed by atoms with Gasteiger partial charge in [0, 0.05) is 11.3 Å². The number of primary amides is 1. The third-order valence-electron chi connectivity index (χ3n) is 3.79. The molecule has 0 aromatic heterocycles. The average molecular weight is 357 g/mol. The van der Waals surface area contributed by atoms with E-state index < -0.39 is 29.6 Å². The zero-order chi connectivity index (χ0) is 19.3. The molecule has 2 rings (SSSR count). The van der Waals surface area contributed by atoms with Crippen LogP contribution in [0.1, 0.15) is 34.6 Å². The molecule has 0 bridgehead atoms. The Hall–Kier alpha value is -3.22. The Morgan fingerprint density at radius 3 is 2.15 bits per heavy atom. The summed E-state index contributed by atoms with van der Waals surface area (Å²) in [5.74, 6) is -2.57. The lowest BCUT2D eigenvalue weighted by atomic mass is 10.0. The normalized spacial score (nSPS) is 11.7. The number of anilines is 1. The topological polar surface area (TPSA) is 101 Å². The first-order chi connectivity index (χ1) is 12.3. The van der Waals surface area contributed by atoms with E-state index in [1.807, 2.05) is 0 Å². The fourth-order valence-corrected chi connectivity index (χ4v) is 2.34. The standard InChI is InChI=1S/C19H20FN3O3/c1-11(2)16(23-18(25)14-5-3-4-6-15(14)20)19(26)22-13-9-7-12(8-10-13)17(21)24/h3-11,16H,1-2H3,(H2,21,24)(H,22,26)(H,23,25)/t16-/m0/s1. The molecule has 0 radical (unpaired) electrons. The van der Waals surface area contributed by atoms with Crippen LogP contribution >= 0.6 is 0 Å². The number of benzene rings is 2. The van der Waals surface area contributed by atoms with E-state index in [4.69, 9.17) is 5.73 Å². The number of carbonyl (C=O) groups excluding carboxylic acids is 3. The van der Waals surface area contributed by atoms with Crippen LogP contribution in [-0.4, -0.2) is 23.8 Å². The molecule has 0 aliphatic heterocycles. The summed E-state index contributed by atoms with van der Waals surface area (Å²) in [7, 11) is 0. The van der Waals surface area contributed by atoms with E-state index in [0.29, 0.717) is 11.3 Å². The van der Waals surface area contributed by atoms with Crippen LogP contribution in [0.15, 0.2) is 48.5 Å². The monoisotopic (exact) mass is 357 g/mol. The first-order valence-electron chi connectivity index (χ1n) is 8.05. The molecule has 2 aromatic carbocycles. The van der Waals surface area contributed by atoms with Gasteiger partial charge in [-0.25, -0.2) is 4.39 Å². The van der Waals surface area contributed by atoms with Crippen molar-refractivity contribution >= 4 is 23.4 Å². The van der Waals surface area contributed by atoms with Crippen LogP contribution in [0, 0.1) is 11.7 Å². The highest BCUT2D eigenvalue weighted by atomic mass is 19.1. The van der Waals surface area contributed by atoms with Gasteiger partial charge in [-0.3, -0.25) is 14.4 Å². The lowest BCUT2D eigenvalue weighted by molar-refractivity contribution is -0.118. The van der Waals surface area contributed by atoms with E-state index in [1.165, 1.54) is 42.5 Å². The van der Waals surface area contributed by atoms with Gasteiger partial charge in [0.2, 0.25) is 11.8 Å². The summed E-state index contributed by atoms with van der Waals surface area (Å²) in [6.45, 7) is 3.53. The van der Waals surface area contributed by atoms with Crippen molar-refractivity contribution < 1.29 is 18.8 Å². The van der Waals surface area contributed by atoms with Crippen molar-refractivity contribution in [3.63, 3.8) is 0 Å². The number of amides is 3. The molecule has 1 atom stereocenters. The lowest BCUT2D eigenvalue weighted by Crippen LogP contribution is -2.47. The van der Waals surface area contributed by atoms with E-state index in [2.05, 4.69) is 10.6 Å². The smallest absolute Gasteiger partial charge is 0.254 e. The molecule has 26 heavy (non-hydrogen) atoms. The van der Waals surface area contributed by atoms with E-state index in [-0.39, 0.29) is 11.5 Å². The van der Waals surface area contributed by atoms with Crippen LogP contribution in [-0.2, 0) is 4.79 Å². The molecule has 0 aliphatic carbocycles. The second-order valence-corrected chi connectivity index (χ2v) is 6.11. The Bertz CT molecular complexity index is 819. The van der Waals surface area contributed by atoms with Crippen LogP contribution in [0.25, 0.3) is 0 Å². The number of halogens is 1. The van der Waals surface area contributed by atoms with E-state index in [0.717, 1.165) is 0 Å². The van der Waals surface area contributed by atoms with E-state index >= 15 is 0 Å². The van der Waals surface area contributed by atoms with Gasteiger partial charge in [-0.1, -0.05) is 26.0 Å². The van der Waals surface area contributed by atoms with Crippen LogP contribution in [0.2, 0.25) is 0 Å². The van der Waals surface area contributed by atoms with E-state index in [9.17, 15) is 18.8 Å². The largest absolute Gasteiger partial charge is 0.366 e. The Labute approximate surface area is 150 Å². The van der Waals surface area contributed by atoms with E-state index in [1.54, 1.807) is 19.9 Å². The maximum absolute atomic E-state index is 13.7. The molecule has 6 nitrogen and oxygen atoms in total. The second kappa shape index (κ2) is 8.24. The van der Waals surface area contributed by atoms with Crippen molar-refractivity contribution in [1.82, 2.24) is 5.32 Å². The average Bonchev–Trinajstić information content (AvgIpc) is 2.59. The predicted octanol–water partition coefficient (Wildman–Crippen LogP) is 2.32. The molecule has 0 heterocycles. The zero-order valence-corrected chi connectivity index (χ0v) is 14.5. The molecule has 3 amide bonds. The van der Waals surface area contributed by atoms with Gasteiger partial charge in [0.25, 0.3) is 5.91 Å². The number of hydrogen-bond donors (Lipinski definition) is 3. The molecular formula is C19H20FN3O3. The molecule has 136 valence electrons. The lowest BCUT2D eigenvalue weighted by Gasteiger charge is -2.22. The Kier molecular flexibility index (Phi) is 6.06. The molecule has 7 heteroatoms. The van der Waals surface area contributed by atoms with Gasteiger partial charge in [-0.05, 0) is 42.3 Å². The molecule has 0 saturated carbocycles. The Morgan fingerprint density at radius 1 is 1.00 bits per heavy atom. The maximum Gasteiger partial charge on any atom is 0.254 e. The van der Waals surface area contributed by atoms with Crippen LogP contribution in [0.3, 0.4) is 0 Å². The highest BCUT2D eigenvalue weighted by molar-refractivity contribution is 6.01. The van der Waals surface area contributed by atoms with Gasteiger partial charge in [-0.2, -0.15) is 0 Å². The molecule has 0 aliphatic rings. The summed E-state index contributed by atoms with van der Waals surface area (Å²) in [6, 6.07) is 10.7. The number of nitrogens with two attached hydrogens (primary N) is 1. The van der Waals surface area contributed by atoms with Gasteiger partial charge < -0.3 is 16.4 Å². The minimum absolute atomic E-state index is 0.128. The van der Waals surface area contributed by atoms with Crippen LogP contribution in [0.4, 0.5) is 10.1 Å². The third-order valence-corrected chi connectivity index (χ3v) is 3.79. The van der Waals surface area contributed by atoms with Crippen molar-refractivity contribution in [3.05, 3.63) is 65.5 Å². The SMILES string of the molecule is CC(C)[C@H](NC(=O)c1ccccc1F)C(=O)Nc1ccc(C(N)=O)cc1. The Balaban J connectivity index is 2.11. The summed E-state index contributed by atoms with van der Waals surface area (Å²) < 4.78 is 13.7. The first kappa shape index (κ1) is 19.1. The molecular weight excluding hydrogens is 337 g/mol. The highest BCUT2D eigenvalue weighted by Crippen LogP contribution is 2.13. The van der Waals surface area contributed by atoms with Crippen LogP contribution in [0.5, 0.6) is 0 Å². The van der Waals surface area contributed by atoms with Gasteiger partial charge >= 0.3 is 0 Å². The predicted molar refractivity (Wildman–Crippen MR) is 96.1 cm³/mol. The summed E-state index contributed by atoms with van der Waals surface area (Å²) in [6.07, 6.45) is 0. The molecule has 0 spiro atoms. The van der Waals surface area contributed by atoms with Crippen molar-refractivity contribution in [1.29, 1.82) is 0 Å². The molecule has 0 unspecified atom stereocenters. The zero-order valence-electron chi connectivity index (χ0n) is 14.5. The quantitative estimate of drug-likeness (QED) is 0.739. The number of nitrogens with one attached hydrogen (secondary N) is 2. The van der Waals surface area contributed by atoms with Gasteiger partial charge in [0.15, 0.2) is 0 Å². The number of carbonyl (C=O) groups is 3. The highest BCUT2D eigenvalue weighted by Gasteiger charge is 2.25. The van der Waals surface area contributed by atoms with Crippen molar-refractivity contribution in [2.24, 2.45) is 11.7 Å². The Morgan fingerprint density at radius 2 is 1.62 bits per heavy atom. The molecule has 2 aromatic rings. The number of rotatable bonds is 6. The maximum atomic E-state index is 13.7. The fourth-order valence-electron chi connectivity index (χ4n) is 2.34. The molecule has 0 fully saturated rings. The van der Waals surface area contributed by atoms with Crippen molar-refractivity contribution in [2.45, 2.75) is 19.9 Å². The minimum atomic E-state index is -0.863. The summed E-state index contributed by atoms with van der Waals surface area (Å²) in [4.78, 5) is 35.9. The summed E-state index contributed by atoms with van der Waals surface area (Å²) in [5.41, 5.74) is 5.81. The van der Waals surface area contributed by atoms with Gasteiger partial charge in [0.1, 0.15) is 11.9 Å². The van der Waals surface area contributed by atoms with Crippen LogP contribution < -0.4 is 16.4 Å². The minimum Gasteiger partial charge on any atom is -0.366 e. The second-order valence-electron chi connectivity index (χ2n) is 6.11. The van der Waals surface area contributed by atoms with Gasteiger partial charge in [0.05, 0.1) is 5.56 Å². The summed E-state index contributed by atoms with van der Waals surface area (Å²) in [5, 5.41) is 5.22. The van der Waals surface area contributed by atoms with Gasteiger partial charge in [-0.15, -0.1) is 0 Å². The molecule has 4 N–H and O–H groups in total. The van der Waals surface area contributed by atoms with Crippen molar-refractivity contribution in [3.8, 4) is 0 Å².